The second-order valence-electron chi connectivity index (χ2n) is 11.2. The summed E-state index contributed by atoms with van der Waals surface area (Å²) in [7, 11) is 5.77. The monoisotopic (exact) mass is 424 g/mol. The number of hydrogen-bond acceptors (Lipinski definition) is 5. The number of carbonyl (C=O) groups excluding carboxylic acids is 1. The average Bonchev–Trinajstić information content (AvgIpc) is 3.20. The molecule has 2 heterocycles. The molecule has 6 heteroatoms. The molecule has 0 aromatic rings. The molecular formula is C24H48N4O2. The van der Waals surface area contributed by atoms with Crippen LogP contribution < -0.4 is 5.32 Å². The van der Waals surface area contributed by atoms with Crippen LogP contribution in [0.25, 0.3) is 0 Å². The zero-order chi connectivity index (χ0) is 22.4. The van der Waals surface area contributed by atoms with Crippen LogP contribution in [0.3, 0.4) is 0 Å². The number of hydrogen-bond donors (Lipinski definition) is 1. The van der Waals surface area contributed by atoms with Crippen molar-refractivity contribution in [1.82, 2.24) is 20.0 Å². The number of likely N-dealkylation sites (N-methyl/N-ethyl adjacent to an activating group) is 2. The highest BCUT2D eigenvalue weighted by molar-refractivity contribution is 5.77. The fraction of sp³-hybridized carbons (Fsp3) is 0.958. The van der Waals surface area contributed by atoms with Gasteiger partial charge in [-0.1, -0.05) is 13.8 Å². The summed E-state index contributed by atoms with van der Waals surface area (Å²) in [4.78, 5) is 18.6. The molecule has 1 atom stereocenters. The highest BCUT2D eigenvalue weighted by Crippen LogP contribution is 2.33. The van der Waals surface area contributed by atoms with Gasteiger partial charge in [0.05, 0.1) is 13.2 Å². The van der Waals surface area contributed by atoms with E-state index in [9.17, 15) is 4.79 Å². The first-order chi connectivity index (χ1) is 14.0. The Bertz CT molecular complexity index is 521. The van der Waals surface area contributed by atoms with Crippen LogP contribution in [-0.2, 0) is 9.53 Å². The molecule has 176 valence electrons. The number of ether oxygens (including phenoxy) is 1. The van der Waals surface area contributed by atoms with Gasteiger partial charge in [0.2, 0.25) is 5.91 Å². The molecule has 0 aromatic heterocycles. The number of likely N-dealkylation sites (tertiary alicyclic amines) is 1. The van der Waals surface area contributed by atoms with Crippen molar-refractivity contribution in [1.29, 1.82) is 0 Å². The lowest BCUT2D eigenvalue weighted by molar-refractivity contribution is -0.130. The van der Waals surface area contributed by atoms with Crippen molar-refractivity contribution in [3.63, 3.8) is 0 Å². The Hall–Kier alpha value is -0.690. The van der Waals surface area contributed by atoms with Crippen molar-refractivity contribution in [2.45, 2.75) is 83.8 Å². The van der Waals surface area contributed by atoms with Crippen LogP contribution in [0, 0.1) is 5.41 Å². The van der Waals surface area contributed by atoms with Crippen LogP contribution in [0.15, 0.2) is 0 Å². The quantitative estimate of drug-likeness (QED) is 0.553. The smallest absolute Gasteiger partial charge is 0.236 e. The predicted molar refractivity (Wildman–Crippen MR) is 125 cm³/mol. The number of piperidine rings is 1. The number of rotatable bonds is 11. The highest BCUT2D eigenvalue weighted by Gasteiger charge is 2.33. The van der Waals surface area contributed by atoms with E-state index in [1.54, 1.807) is 4.90 Å². The minimum Gasteiger partial charge on any atom is -0.380 e. The van der Waals surface area contributed by atoms with Crippen molar-refractivity contribution in [2.24, 2.45) is 5.41 Å². The molecule has 0 aromatic carbocycles. The minimum absolute atomic E-state index is 0.192. The maximum absolute atomic E-state index is 12.0. The largest absolute Gasteiger partial charge is 0.380 e. The van der Waals surface area contributed by atoms with E-state index in [2.05, 4.69) is 49.9 Å². The highest BCUT2D eigenvalue weighted by atomic mass is 16.5. The van der Waals surface area contributed by atoms with Gasteiger partial charge < -0.3 is 15.0 Å². The van der Waals surface area contributed by atoms with Gasteiger partial charge in [-0.05, 0) is 71.4 Å². The summed E-state index contributed by atoms with van der Waals surface area (Å²) in [5, 5.41) is 3.67. The fourth-order valence-corrected chi connectivity index (χ4v) is 4.63. The number of nitrogens with zero attached hydrogens (tertiary/aromatic N) is 3. The number of carbonyl (C=O) groups is 1. The van der Waals surface area contributed by atoms with E-state index < -0.39 is 0 Å². The van der Waals surface area contributed by atoms with Gasteiger partial charge in [0, 0.05) is 51.4 Å². The topological polar surface area (TPSA) is 48.1 Å². The molecule has 2 aliphatic heterocycles. The van der Waals surface area contributed by atoms with E-state index in [4.69, 9.17) is 4.74 Å². The van der Waals surface area contributed by atoms with Crippen LogP contribution in [-0.4, -0.2) is 98.8 Å². The van der Waals surface area contributed by atoms with E-state index in [1.165, 1.54) is 19.3 Å². The van der Waals surface area contributed by atoms with Crippen molar-refractivity contribution < 1.29 is 9.53 Å². The van der Waals surface area contributed by atoms with Crippen LogP contribution in [0.2, 0.25) is 0 Å². The molecule has 30 heavy (non-hydrogen) atoms. The molecule has 1 N–H and O–H groups in total. The first-order valence-corrected chi connectivity index (χ1v) is 12.0. The Morgan fingerprint density at radius 1 is 1.03 bits per heavy atom. The van der Waals surface area contributed by atoms with Crippen LogP contribution in [0.4, 0.5) is 0 Å². The van der Waals surface area contributed by atoms with Crippen LogP contribution in [0.5, 0.6) is 0 Å². The van der Waals surface area contributed by atoms with E-state index in [1.807, 2.05) is 14.1 Å². The van der Waals surface area contributed by atoms with E-state index in [0.717, 1.165) is 52.1 Å². The Labute approximate surface area is 185 Å². The fourth-order valence-electron chi connectivity index (χ4n) is 4.63. The average molecular weight is 425 g/mol. The summed E-state index contributed by atoms with van der Waals surface area (Å²) >= 11 is 0. The molecule has 6 nitrogen and oxygen atoms in total. The second kappa shape index (κ2) is 11.3. The van der Waals surface area contributed by atoms with Gasteiger partial charge in [0.25, 0.3) is 0 Å². The first kappa shape index (κ1) is 25.6. The number of nitrogens with one attached hydrogen (secondary N) is 1. The van der Waals surface area contributed by atoms with Crippen molar-refractivity contribution >= 4 is 5.91 Å². The SMILES string of the molecule is CN(C)C(=O)CN(C)C1CCN(C(C)(C)CCC(C)(C)CCN[C@H]2CCOC2)CC1. The molecule has 0 saturated carbocycles. The van der Waals surface area contributed by atoms with Gasteiger partial charge in [-0.3, -0.25) is 14.6 Å². The molecule has 0 unspecified atom stereocenters. The second-order valence-corrected chi connectivity index (χ2v) is 11.2. The van der Waals surface area contributed by atoms with Gasteiger partial charge in [0.15, 0.2) is 0 Å². The van der Waals surface area contributed by atoms with Gasteiger partial charge in [0.1, 0.15) is 0 Å². The van der Waals surface area contributed by atoms with Crippen molar-refractivity contribution in [3.05, 3.63) is 0 Å². The zero-order valence-electron chi connectivity index (χ0n) is 20.8. The third kappa shape index (κ3) is 8.10. The molecule has 2 fully saturated rings. The summed E-state index contributed by atoms with van der Waals surface area (Å²) in [5.41, 5.74) is 0.585. The summed E-state index contributed by atoms with van der Waals surface area (Å²) < 4.78 is 5.46. The lowest BCUT2D eigenvalue weighted by Gasteiger charge is -2.45. The Morgan fingerprint density at radius 2 is 1.70 bits per heavy atom. The van der Waals surface area contributed by atoms with Gasteiger partial charge in [-0.2, -0.15) is 0 Å². The lowest BCUT2D eigenvalue weighted by Crippen LogP contribution is -2.52. The van der Waals surface area contributed by atoms with E-state index in [0.29, 0.717) is 24.0 Å². The Kier molecular flexibility index (Phi) is 9.59. The molecule has 0 aliphatic carbocycles. The molecule has 0 radical (unpaired) electrons. The first-order valence-electron chi connectivity index (χ1n) is 12.0. The standard InChI is InChI=1S/C24H48N4O2/c1-23(2,13-14-25-20-10-17-30-19-20)11-12-24(3,4)28-15-8-21(9-16-28)27(7)18-22(29)26(5)6/h20-21,25H,8-19H2,1-7H3/t20-/m0/s1. The van der Waals surface area contributed by atoms with Crippen molar-refractivity contribution in [3.8, 4) is 0 Å². The summed E-state index contributed by atoms with van der Waals surface area (Å²) in [6.07, 6.45) is 7.15. The molecular weight excluding hydrogens is 376 g/mol. The zero-order valence-corrected chi connectivity index (χ0v) is 20.8. The molecule has 1 amide bonds. The molecule has 0 bridgehead atoms. The maximum atomic E-state index is 12.0. The third-order valence-electron chi connectivity index (χ3n) is 7.41. The van der Waals surface area contributed by atoms with Crippen LogP contribution >= 0.6 is 0 Å². The van der Waals surface area contributed by atoms with Crippen molar-refractivity contribution in [2.75, 3.05) is 60.5 Å². The lowest BCUT2D eigenvalue weighted by atomic mass is 9.79. The van der Waals surface area contributed by atoms with Gasteiger partial charge in [-0.15, -0.1) is 0 Å². The predicted octanol–water partition coefficient (Wildman–Crippen LogP) is 2.82. The molecule has 0 spiro atoms. The van der Waals surface area contributed by atoms with Crippen LogP contribution in [0.1, 0.15) is 66.2 Å². The number of amides is 1. The van der Waals surface area contributed by atoms with E-state index >= 15 is 0 Å². The summed E-state index contributed by atoms with van der Waals surface area (Å²) in [6, 6.07) is 1.08. The third-order valence-corrected chi connectivity index (χ3v) is 7.41. The Morgan fingerprint density at radius 3 is 2.27 bits per heavy atom. The summed E-state index contributed by atoms with van der Waals surface area (Å²) in [6.45, 7) is 15.3. The Balaban J connectivity index is 1.71. The molecule has 2 saturated heterocycles. The minimum atomic E-state index is 0.192. The molecule has 2 aliphatic rings. The summed E-state index contributed by atoms with van der Waals surface area (Å²) in [5.74, 6) is 0.192. The normalized spacial score (nSPS) is 22.1. The van der Waals surface area contributed by atoms with E-state index in [-0.39, 0.29) is 11.4 Å². The van der Waals surface area contributed by atoms with Gasteiger partial charge in [-0.25, -0.2) is 0 Å². The van der Waals surface area contributed by atoms with Gasteiger partial charge >= 0.3 is 0 Å². The molecule has 2 rings (SSSR count). The maximum Gasteiger partial charge on any atom is 0.236 e.